The Labute approximate surface area is 143 Å². The van der Waals surface area contributed by atoms with Crippen molar-refractivity contribution in [1.82, 2.24) is 4.90 Å². The lowest BCUT2D eigenvalue weighted by Crippen LogP contribution is -2.73. The predicted molar refractivity (Wildman–Crippen MR) is 93.4 cm³/mol. The van der Waals surface area contributed by atoms with E-state index in [0.29, 0.717) is 10.7 Å². The highest BCUT2D eigenvalue weighted by molar-refractivity contribution is 6.31. The molecule has 1 N–H and O–H groups in total. The smallest absolute Gasteiger partial charge is 0.239 e. The Hall–Kier alpha value is -1.55. The molecule has 0 radical (unpaired) electrons. The van der Waals surface area contributed by atoms with E-state index in [1.54, 1.807) is 24.3 Å². The molecule has 1 aromatic rings. The van der Waals surface area contributed by atoms with Crippen molar-refractivity contribution in [3.8, 4) is 0 Å². The number of rotatable bonds is 2. The Balaban J connectivity index is 2.24. The molecule has 4 nitrogen and oxygen atoms in total. The van der Waals surface area contributed by atoms with Crippen molar-refractivity contribution in [3.63, 3.8) is 0 Å². The molecule has 1 aliphatic rings. The van der Waals surface area contributed by atoms with Crippen LogP contribution in [0, 0.1) is 11.3 Å². The first-order chi connectivity index (χ1) is 10.4. The van der Waals surface area contributed by atoms with Crippen molar-refractivity contribution in [2.24, 2.45) is 11.3 Å². The van der Waals surface area contributed by atoms with Crippen LogP contribution in [0.25, 0.3) is 0 Å². The monoisotopic (exact) mass is 336 g/mol. The fraction of sp³-hybridized carbons (Fsp3) is 0.556. The maximum Gasteiger partial charge on any atom is 0.239 e. The topological polar surface area (TPSA) is 49.4 Å². The predicted octanol–water partition coefficient (Wildman–Crippen LogP) is 3.95. The summed E-state index contributed by atoms with van der Waals surface area (Å²) in [7, 11) is 0. The number of halogens is 1. The molecule has 2 atom stereocenters. The van der Waals surface area contributed by atoms with E-state index in [2.05, 4.69) is 26.1 Å². The Morgan fingerprint density at radius 3 is 2.26 bits per heavy atom. The van der Waals surface area contributed by atoms with Crippen molar-refractivity contribution in [3.05, 3.63) is 29.3 Å². The van der Waals surface area contributed by atoms with Gasteiger partial charge in [0.25, 0.3) is 0 Å². The Morgan fingerprint density at radius 1 is 1.17 bits per heavy atom. The number of amides is 2. The molecular weight excluding hydrogens is 312 g/mol. The molecule has 0 aliphatic carbocycles. The van der Waals surface area contributed by atoms with E-state index in [1.807, 2.05) is 25.7 Å². The first-order valence-corrected chi connectivity index (χ1v) is 8.20. The standard InChI is InChI=1S/C18H25ClN2O2/c1-17(2,3)14-13(16(23)21(14)18(4,5)6)15(22)20-12-9-7-8-11(19)10-12/h7-10,13-14H,1-6H3,(H,20,22)/t13-,14-/m1/s1. The highest BCUT2D eigenvalue weighted by Gasteiger charge is 2.59. The normalized spacial score (nSPS) is 21.9. The number of nitrogens with one attached hydrogen (secondary N) is 1. The number of carbonyl (C=O) groups is 2. The third kappa shape index (κ3) is 3.52. The van der Waals surface area contributed by atoms with Gasteiger partial charge < -0.3 is 10.2 Å². The number of hydrogen-bond donors (Lipinski definition) is 1. The molecule has 23 heavy (non-hydrogen) atoms. The van der Waals surface area contributed by atoms with Crippen molar-refractivity contribution in [2.45, 2.75) is 53.1 Å². The summed E-state index contributed by atoms with van der Waals surface area (Å²) in [5.74, 6) is -1.04. The number of hydrogen-bond acceptors (Lipinski definition) is 2. The SMILES string of the molecule is CC(C)(C)[C@H]1[C@H](C(=O)Nc2cccc(Cl)c2)C(=O)N1C(C)(C)C. The van der Waals surface area contributed by atoms with Gasteiger partial charge in [-0.25, -0.2) is 0 Å². The second-order valence-corrected chi connectivity index (χ2v) is 8.60. The van der Waals surface area contributed by atoms with Crippen molar-refractivity contribution < 1.29 is 9.59 Å². The van der Waals surface area contributed by atoms with Gasteiger partial charge in [0.05, 0.1) is 6.04 Å². The highest BCUT2D eigenvalue weighted by atomic mass is 35.5. The minimum Gasteiger partial charge on any atom is -0.332 e. The van der Waals surface area contributed by atoms with E-state index < -0.39 is 5.92 Å². The van der Waals surface area contributed by atoms with Gasteiger partial charge in [-0.3, -0.25) is 9.59 Å². The quantitative estimate of drug-likeness (QED) is 0.656. The molecule has 5 heteroatoms. The lowest BCUT2D eigenvalue weighted by molar-refractivity contribution is -0.177. The minimum absolute atomic E-state index is 0.114. The summed E-state index contributed by atoms with van der Waals surface area (Å²) in [6, 6.07) is 6.82. The molecule has 0 bridgehead atoms. The van der Waals surface area contributed by atoms with Crippen LogP contribution in [-0.2, 0) is 9.59 Å². The van der Waals surface area contributed by atoms with Crippen LogP contribution in [0.15, 0.2) is 24.3 Å². The maximum atomic E-state index is 12.6. The summed E-state index contributed by atoms with van der Waals surface area (Å²) in [6.45, 7) is 12.2. The zero-order valence-corrected chi connectivity index (χ0v) is 15.4. The van der Waals surface area contributed by atoms with E-state index in [0.717, 1.165) is 0 Å². The molecule has 2 rings (SSSR count). The lowest BCUT2D eigenvalue weighted by Gasteiger charge is -2.57. The van der Waals surface area contributed by atoms with Gasteiger partial charge in [-0.15, -0.1) is 0 Å². The van der Waals surface area contributed by atoms with E-state index in [-0.39, 0.29) is 28.8 Å². The molecule has 1 aromatic carbocycles. The molecule has 1 saturated heterocycles. The molecule has 0 spiro atoms. The van der Waals surface area contributed by atoms with Crippen LogP contribution in [-0.4, -0.2) is 28.3 Å². The minimum atomic E-state index is -0.659. The molecule has 0 saturated carbocycles. The molecule has 2 amide bonds. The van der Waals surface area contributed by atoms with E-state index >= 15 is 0 Å². The fourth-order valence-electron chi connectivity index (χ4n) is 3.17. The summed E-state index contributed by atoms with van der Waals surface area (Å²) in [6.07, 6.45) is 0. The largest absolute Gasteiger partial charge is 0.332 e. The number of carbonyl (C=O) groups excluding carboxylic acids is 2. The summed E-state index contributed by atoms with van der Waals surface area (Å²) in [5.41, 5.74) is 0.122. The summed E-state index contributed by atoms with van der Waals surface area (Å²) >= 11 is 5.94. The molecule has 1 heterocycles. The maximum absolute atomic E-state index is 12.6. The van der Waals surface area contributed by atoms with Crippen LogP contribution in [0.2, 0.25) is 5.02 Å². The summed E-state index contributed by atoms with van der Waals surface area (Å²) < 4.78 is 0. The van der Waals surface area contributed by atoms with Gasteiger partial charge in [0.2, 0.25) is 11.8 Å². The summed E-state index contributed by atoms with van der Waals surface area (Å²) in [4.78, 5) is 27.1. The van der Waals surface area contributed by atoms with E-state index in [4.69, 9.17) is 11.6 Å². The average Bonchev–Trinajstić information content (AvgIpc) is 2.32. The van der Waals surface area contributed by atoms with Gasteiger partial charge in [0, 0.05) is 16.2 Å². The van der Waals surface area contributed by atoms with Gasteiger partial charge in [0.15, 0.2) is 0 Å². The average molecular weight is 337 g/mol. The van der Waals surface area contributed by atoms with Gasteiger partial charge in [-0.05, 0) is 44.4 Å². The van der Waals surface area contributed by atoms with Crippen LogP contribution in [0.5, 0.6) is 0 Å². The molecule has 0 aromatic heterocycles. The fourth-order valence-corrected chi connectivity index (χ4v) is 3.36. The molecule has 0 unspecified atom stereocenters. The third-order valence-corrected chi connectivity index (χ3v) is 4.32. The first-order valence-electron chi connectivity index (χ1n) is 7.82. The molecular formula is C18H25ClN2O2. The van der Waals surface area contributed by atoms with Crippen LogP contribution in [0.4, 0.5) is 5.69 Å². The highest BCUT2D eigenvalue weighted by Crippen LogP contribution is 2.43. The van der Waals surface area contributed by atoms with Crippen molar-refractivity contribution >= 4 is 29.1 Å². The van der Waals surface area contributed by atoms with E-state index in [9.17, 15) is 9.59 Å². The second kappa shape index (κ2) is 5.82. The number of nitrogens with zero attached hydrogens (tertiary/aromatic N) is 1. The van der Waals surface area contributed by atoms with Crippen molar-refractivity contribution in [2.75, 3.05) is 5.32 Å². The number of β-lactam (4-membered cyclic amide) rings is 1. The number of anilines is 1. The second-order valence-electron chi connectivity index (χ2n) is 8.17. The number of benzene rings is 1. The number of likely N-dealkylation sites (tertiary alicyclic amines) is 1. The Morgan fingerprint density at radius 2 is 1.78 bits per heavy atom. The Bertz CT molecular complexity index is 629. The van der Waals surface area contributed by atoms with Crippen LogP contribution < -0.4 is 5.32 Å². The third-order valence-electron chi connectivity index (χ3n) is 4.08. The van der Waals surface area contributed by atoms with Gasteiger partial charge in [-0.2, -0.15) is 0 Å². The van der Waals surface area contributed by atoms with Crippen molar-refractivity contribution in [1.29, 1.82) is 0 Å². The molecule has 1 fully saturated rings. The van der Waals surface area contributed by atoms with Crippen LogP contribution in [0.1, 0.15) is 41.5 Å². The lowest BCUT2D eigenvalue weighted by atomic mass is 9.69. The summed E-state index contributed by atoms with van der Waals surface area (Å²) in [5, 5.41) is 3.37. The Kier molecular flexibility index (Phi) is 4.51. The van der Waals surface area contributed by atoms with Gasteiger partial charge in [-0.1, -0.05) is 38.4 Å². The van der Waals surface area contributed by atoms with Gasteiger partial charge >= 0.3 is 0 Å². The first kappa shape index (κ1) is 17.8. The van der Waals surface area contributed by atoms with Crippen LogP contribution in [0.3, 0.4) is 0 Å². The zero-order chi connectivity index (χ0) is 17.6. The zero-order valence-electron chi connectivity index (χ0n) is 14.6. The molecule has 126 valence electrons. The molecule has 1 aliphatic heterocycles. The van der Waals surface area contributed by atoms with Crippen LogP contribution >= 0.6 is 11.6 Å². The van der Waals surface area contributed by atoms with E-state index in [1.165, 1.54) is 0 Å². The van der Waals surface area contributed by atoms with Gasteiger partial charge in [0.1, 0.15) is 5.92 Å².